The van der Waals surface area contributed by atoms with Gasteiger partial charge in [-0.15, -0.1) is 0 Å². The Balaban J connectivity index is 3.31. The molecule has 0 fully saturated rings. The zero-order chi connectivity index (χ0) is 16.2. The van der Waals surface area contributed by atoms with E-state index in [0.717, 1.165) is 5.56 Å². The molecule has 21 heavy (non-hydrogen) atoms. The van der Waals surface area contributed by atoms with E-state index < -0.39 is 11.8 Å². The van der Waals surface area contributed by atoms with Crippen LogP contribution in [0.2, 0.25) is 0 Å². The molecule has 0 radical (unpaired) electrons. The maximum absolute atomic E-state index is 11.0. The minimum absolute atomic E-state index is 0.0991. The molecule has 0 aliphatic carbocycles. The molecule has 0 saturated heterocycles. The number of benzene rings is 1. The second-order valence-corrected chi connectivity index (χ2v) is 5.41. The van der Waals surface area contributed by atoms with E-state index in [1.807, 2.05) is 20.8 Å². The molecule has 1 aromatic carbocycles. The number of nitrogens with one attached hydrogen (secondary N) is 2. The summed E-state index contributed by atoms with van der Waals surface area (Å²) in [5.74, 6) is -1.52. The number of hydrogen-bond donors (Lipinski definition) is 4. The number of hydrogen-bond acceptors (Lipinski definition) is 5. The van der Waals surface area contributed by atoms with Crippen molar-refractivity contribution < 1.29 is 9.90 Å². The second-order valence-electron chi connectivity index (χ2n) is 5.41. The minimum Gasteiger partial charge on any atom is -0.478 e. The molecule has 0 atom stereocenters. The lowest BCUT2D eigenvalue weighted by atomic mass is 9.85. The van der Waals surface area contributed by atoms with Gasteiger partial charge in [0.15, 0.2) is 5.84 Å². The Morgan fingerprint density at radius 1 is 1.48 bits per heavy atom. The van der Waals surface area contributed by atoms with E-state index in [0.29, 0.717) is 5.69 Å². The van der Waals surface area contributed by atoms with Crippen molar-refractivity contribution in [3.05, 3.63) is 29.3 Å². The monoisotopic (exact) mass is 287 g/mol. The maximum Gasteiger partial charge on any atom is 0.335 e. The summed E-state index contributed by atoms with van der Waals surface area (Å²) in [7, 11) is 0. The molecule has 0 spiro atoms. The summed E-state index contributed by atoms with van der Waals surface area (Å²) < 4.78 is 0. The van der Waals surface area contributed by atoms with Crippen LogP contribution in [0.3, 0.4) is 0 Å². The molecule has 0 aliphatic heterocycles. The standard InChI is InChI=1S/C14H17N5O2/c1-14(2,3)9-5-4-8(13(20)21)6-10(9)18-19-11(7-15)12(16)17/h4-6,18H,1-3H3,(H3,16,17)(H,20,21)/b19-11+. The van der Waals surface area contributed by atoms with Gasteiger partial charge < -0.3 is 10.8 Å². The molecular weight excluding hydrogens is 270 g/mol. The number of carboxylic acids is 1. The van der Waals surface area contributed by atoms with Gasteiger partial charge >= 0.3 is 5.97 Å². The maximum atomic E-state index is 11.0. The van der Waals surface area contributed by atoms with E-state index in [2.05, 4.69) is 10.5 Å². The molecule has 7 nitrogen and oxygen atoms in total. The Bertz CT molecular complexity index is 650. The SMILES string of the molecule is CC(C)(C)c1ccc(C(=O)O)cc1N/N=C(\C#N)C(=N)N. The van der Waals surface area contributed by atoms with Gasteiger partial charge in [-0.25, -0.2) is 4.79 Å². The summed E-state index contributed by atoms with van der Waals surface area (Å²) in [5.41, 5.74) is 8.70. The highest BCUT2D eigenvalue weighted by molar-refractivity contribution is 6.45. The van der Waals surface area contributed by atoms with E-state index in [1.165, 1.54) is 12.1 Å². The highest BCUT2D eigenvalue weighted by Crippen LogP contribution is 2.30. The number of nitriles is 1. The molecule has 0 aliphatic rings. The number of aromatic carboxylic acids is 1. The topological polar surface area (TPSA) is 135 Å². The Kier molecular flexibility index (Phi) is 4.66. The van der Waals surface area contributed by atoms with E-state index in [4.69, 9.17) is 21.5 Å². The van der Waals surface area contributed by atoms with Crippen LogP contribution in [0.5, 0.6) is 0 Å². The van der Waals surface area contributed by atoms with Gasteiger partial charge in [-0.1, -0.05) is 26.8 Å². The van der Waals surface area contributed by atoms with Crippen molar-refractivity contribution >= 4 is 23.2 Å². The zero-order valence-corrected chi connectivity index (χ0v) is 12.1. The van der Waals surface area contributed by atoms with Crippen LogP contribution in [0.25, 0.3) is 0 Å². The van der Waals surface area contributed by atoms with Crippen LogP contribution in [0, 0.1) is 16.7 Å². The molecule has 0 heterocycles. The third-order valence-electron chi connectivity index (χ3n) is 2.72. The van der Waals surface area contributed by atoms with Crippen LogP contribution in [0.1, 0.15) is 36.7 Å². The summed E-state index contributed by atoms with van der Waals surface area (Å²) in [6.45, 7) is 5.90. The molecule has 1 rings (SSSR count). The molecule has 0 saturated carbocycles. The quantitative estimate of drug-likeness (QED) is 0.381. The Labute approximate surface area is 122 Å². The normalized spacial score (nSPS) is 11.6. The smallest absolute Gasteiger partial charge is 0.335 e. The summed E-state index contributed by atoms with van der Waals surface area (Å²) in [6, 6.07) is 6.32. The van der Waals surface area contributed by atoms with Gasteiger partial charge in [0, 0.05) is 0 Å². The first-order valence-electron chi connectivity index (χ1n) is 6.13. The van der Waals surface area contributed by atoms with Crippen molar-refractivity contribution in [1.29, 1.82) is 10.7 Å². The van der Waals surface area contributed by atoms with Crippen LogP contribution in [-0.2, 0) is 5.41 Å². The molecule has 110 valence electrons. The number of hydrazone groups is 1. The van der Waals surface area contributed by atoms with Crippen molar-refractivity contribution in [2.24, 2.45) is 10.8 Å². The van der Waals surface area contributed by atoms with Crippen LogP contribution < -0.4 is 11.2 Å². The second kappa shape index (κ2) is 6.05. The lowest BCUT2D eigenvalue weighted by Crippen LogP contribution is -2.22. The first-order valence-corrected chi connectivity index (χ1v) is 6.13. The third-order valence-corrected chi connectivity index (χ3v) is 2.72. The van der Waals surface area contributed by atoms with Crippen LogP contribution in [0.4, 0.5) is 5.69 Å². The van der Waals surface area contributed by atoms with Gasteiger partial charge in [-0.3, -0.25) is 10.8 Å². The van der Waals surface area contributed by atoms with E-state index in [1.54, 1.807) is 12.1 Å². The molecular formula is C14H17N5O2. The molecule has 5 N–H and O–H groups in total. The fourth-order valence-corrected chi connectivity index (χ4v) is 1.69. The predicted octanol–water partition coefficient (Wildman–Crippen LogP) is 1.91. The fraction of sp³-hybridized carbons (Fsp3) is 0.286. The molecule has 7 heteroatoms. The number of nitrogens with zero attached hydrogens (tertiary/aromatic N) is 2. The van der Waals surface area contributed by atoms with Crippen LogP contribution in [-0.4, -0.2) is 22.6 Å². The predicted molar refractivity (Wildman–Crippen MR) is 80.7 cm³/mol. The Morgan fingerprint density at radius 3 is 2.52 bits per heavy atom. The first-order chi connectivity index (χ1) is 9.66. The number of amidine groups is 1. The van der Waals surface area contributed by atoms with Crippen molar-refractivity contribution in [3.63, 3.8) is 0 Å². The van der Waals surface area contributed by atoms with Crippen molar-refractivity contribution in [2.75, 3.05) is 5.43 Å². The van der Waals surface area contributed by atoms with E-state index in [9.17, 15) is 4.79 Å². The molecule has 1 aromatic rings. The highest BCUT2D eigenvalue weighted by atomic mass is 16.4. The number of anilines is 1. The lowest BCUT2D eigenvalue weighted by molar-refractivity contribution is 0.0697. The van der Waals surface area contributed by atoms with Crippen LogP contribution in [0.15, 0.2) is 23.3 Å². The molecule has 0 aromatic heterocycles. The number of rotatable bonds is 4. The zero-order valence-electron chi connectivity index (χ0n) is 12.1. The van der Waals surface area contributed by atoms with Crippen LogP contribution >= 0.6 is 0 Å². The van der Waals surface area contributed by atoms with Gasteiger partial charge in [0.2, 0.25) is 5.71 Å². The summed E-state index contributed by atoms with van der Waals surface area (Å²) in [4.78, 5) is 11.0. The number of carboxylic acid groups (broad SMARTS) is 1. The van der Waals surface area contributed by atoms with Gasteiger partial charge in [-0.2, -0.15) is 10.4 Å². The number of nitrogens with two attached hydrogens (primary N) is 1. The summed E-state index contributed by atoms with van der Waals surface area (Å²) in [6.07, 6.45) is 0. The molecule has 0 bridgehead atoms. The minimum atomic E-state index is -1.06. The van der Waals surface area contributed by atoms with Crippen molar-refractivity contribution in [2.45, 2.75) is 26.2 Å². The Hall–Kier alpha value is -2.88. The lowest BCUT2D eigenvalue weighted by Gasteiger charge is -2.22. The van der Waals surface area contributed by atoms with Crippen molar-refractivity contribution in [3.8, 4) is 6.07 Å². The number of carbonyl (C=O) groups is 1. The summed E-state index contributed by atoms with van der Waals surface area (Å²) in [5, 5.41) is 28.8. The summed E-state index contributed by atoms with van der Waals surface area (Å²) >= 11 is 0. The average Bonchev–Trinajstić information content (AvgIpc) is 2.37. The molecule has 0 amide bonds. The first kappa shape index (κ1) is 16.2. The van der Waals surface area contributed by atoms with E-state index in [-0.39, 0.29) is 16.7 Å². The Morgan fingerprint density at radius 2 is 2.10 bits per heavy atom. The fourth-order valence-electron chi connectivity index (χ4n) is 1.69. The highest BCUT2D eigenvalue weighted by Gasteiger charge is 2.19. The van der Waals surface area contributed by atoms with Gasteiger partial charge in [-0.05, 0) is 23.1 Å². The van der Waals surface area contributed by atoms with Gasteiger partial charge in [0.1, 0.15) is 6.07 Å². The average molecular weight is 287 g/mol. The van der Waals surface area contributed by atoms with Crippen molar-refractivity contribution in [1.82, 2.24) is 0 Å². The van der Waals surface area contributed by atoms with Gasteiger partial charge in [0.05, 0.1) is 11.3 Å². The van der Waals surface area contributed by atoms with E-state index >= 15 is 0 Å². The largest absolute Gasteiger partial charge is 0.478 e. The molecule has 0 unspecified atom stereocenters. The third kappa shape index (κ3) is 4.04. The van der Waals surface area contributed by atoms with Gasteiger partial charge in [0.25, 0.3) is 0 Å².